The van der Waals surface area contributed by atoms with Crippen molar-refractivity contribution >= 4 is 6.09 Å². The van der Waals surface area contributed by atoms with E-state index in [-0.39, 0.29) is 12.1 Å². The fourth-order valence-electron chi connectivity index (χ4n) is 4.96. The number of hydrogen-bond donors (Lipinski definition) is 1. The van der Waals surface area contributed by atoms with Gasteiger partial charge >= 0.3 is 6.09 Å². The molecule has 1 aromatic carbocycles. The summed E-state index contributed by atoms with van der Waals surface area (Å²) in [6, 6.07) is 12.0. The molecule has 174 valence electrons. The first-order valence-corrected chi connectivity index (χ1v) is 12.3. The van der Waals surface area contributed by atoms with Crippen molar-refractivity contribution in [2.75, 3.05) is 19.6 Å². The van der Waals surface area contributed by atoms with E-state index in [4.69, 9.17) is 4.74 Å². The number of nitrogens with one attached hydrogen (secondary N) is 1. The van der Waals surface area contributed by atoms with Crippen molar-refractivity contribution < 1.29 is 9.53 Å². The number of carbonyl (C=O) groups is 1. The first-order valence-electron chi connectivity index (χ1n) is 12.3. The van der Waals surface area contributed by atoms with Crippen LogP contribution >= 0.6 is 0 Å². The second-order valence-corrected chi connectivity index (χ2v) is 10.5. The van der Waals surface area contributed by atoms with Gasteiger partial charge < -0.3 is 15.0 Å². The number of ether oxygens (including phenoxy) is 1. The molecule has 2 aliphatic heterocycles. The number of benzene rings is 1. The van der Waals surface area contributed by atoms with Crippen LogP contribution in [0.15, 0.2) is 30.3 Å². The van der Waals surface area contributed by atoms with Crippen LogP contribution in [0, 0.1) is 0 Å². The molecule has 2 fully saturated rings. The molecular formula is C26H43N3O2. The maximum Gasteiger partial charge on any atom is 0.410 e. The molecule has 0 saturated carbocycles. The molecule has 0 radical (unpaired) electrons. The lowest BCUT2D eigenvalue weighted by Gasteiger charge is -2.36. The molecule has 5 heteroatoms. The van der Waals surface area contributed by atoms with E-state index >= 15 is 0 Å². The van der Waals surface area contributed by atoms with Crippen LogP contribution in [0.4, 0.5) is 4.79 Å². The highest BCUT2D eigenvalue weighted by Crippen LogP contribution is 2.24. The summed E-state index contributed by atoms with van der Waals surface area (Å²) >= 11 is 0. The van der Waals surface area contributed by atoms with Gasteiger partial charge in [-0.2, -0.15) is 0 Å². The van der Waals surface area contributed by atoms with Gasteiger partial charge in [-0.25, -0.2) is 4.79 Å². The molecule has 1 amide bonds. The van der Waals surface area contributed by atoms with Gasteiger partial charge in [0.1, 0.15) is 5.60 Å². The predicted molar refractivity (Wildman–Crippen MR) is 127 cm³/mol. The number of nitrogens with zero attached hydrogens (tertiary/aromatic N) is 2. The fourth-order valence-corrected chi connectivity index (χ4v) is 4.96. The third kappa shape index (κ3) is 8.12. The minimum Gasteiger partial charge on any atom is -0.444 e. The number of piperidine rings is 1. The molecule has 0 aromatic heterocycles. The van der Waals surface area contributed by atoms with Crippen molar-refractivity contribution in [3.05, 3.63) is 35.9 Å². The lowest BCUT2D eigenvalue weighted by molar-refractivity contribution is 0.0148. The zero-order valence-corrected chi connectivity index (χ0v) is 20.1. The van der Waals surface area contributed by atoms with Crippen LogP contribution in [-0.4, -0.2) is 59.3 Å². The van der Waals surface area contributed by atoms with E-state index in [0.29, 0.717) is 12.1 Å². The Kier molecular flexibility index (Phi) is 8.79. The number of hydrogen-bond acceptors (Lipinski definition) is 4. The van der Waals surface area contributed by atoms with Crippen LogP contribution in [0.5, 0.6) is 0 Å². The van der Waals surface area contributed by atoms with Gasteiger partial charge in [0.15, 0.2) is 0 Å². The Bertz CT molecular complexity index is 665. The summed E-state index contributed by atoms with van der Waals surface area (Å²) in [4.78, 5) is 17.4. The third-order valence-corrected chi connectivity index (χ3v) is 6.49. The van der Waals surface area contributed by atoms with E-state index in [1.807, 2.05) is 25.7 Å². The number of likely N-dealkylation sites (tertiary alicyclic amines) is 2. The van der Waals surface area contributed by atoms with Crippen LogP contribution in [0.25, 0.3) is 0 Å². The van der Waals surface area contributed by atoms with Gasteiger partial charge in [0.25, 0.3) is 0 Å². The zero-order valence-electron chi connectivity index (χ0n) is 20.1. The molecule has 2 aliphatic rings. The summed E-state index contributed by atoms with van der Waals surface area (Å²) in [5, 5.41) is 3.87. The summed E-state index contributed by atoms with van der Waals surface area (Å²) in [5.41, 5.74) is 0.962. The topological polar surface area (TPSA) is 44.8 Å². The van der Waals surface area contributed by atoms with Crippen molar-refractivity contribution in [2.45, 2.75) is 103 Å². The zero-order chi connectivity index (χ0) is 22.3. The molecule has 0 bridgehead atoms. The van der Waals surface area contributed by atoms with Gasteiger partial charge in [-0.1, -0.05) is 43.2 Å². The van der Waals surface area contributed by atoms with E-state index < -0.39 is 5.60 Å². The fraction of sp³-hybridized carbons (Fsp3) is 0.731. The van der Waals surface area contributed by atoms with Crippen molar-refractivity contribution in [2.24, 2.45) is 0 Å². The Morgan fingerprint density at radius 1 is 1.06 bits per heavy atom. The summed E-state index contributed by atoms with van der Waals surface area (Å²) in [6.07, 6.45) is 7.82. The van der Waals surface area contributed by atoms with Gasteiger partial charge in [0.2, 0.25) is 0 Å². The van der Waals surface area contributed by atoms with E-state index in [9.17, 15) is 4.79 Å². The average Bonchev–Trinajstić information content (AvgIpc) is 2.94. The van der Waals surface area contributed by atoms with Crippen LogP contribution in [0.2, 0.25) is 0 Å². The normalized spacial score (nSPS) is 22.7. The minimum absolute atomic E-state index is 0.138. The van der Waals surface area contributed by atoms with Crippen LogP contribution in [0.1, 0.15) is 78.2 Å². The quantitative estimate of drug-likeness (QED) is 0.675. The molecule has 1 aromatic rings. The van der Waals surface area contributed by atoms with Gasteiger partial charge in [-0.3, -0.25) is 4.90 Å². The van der Waals surface area contributed by atoms with Gasteiger partial charge in [0.05, 0.1) is 0 Å². The SMILES string of the molecule is CC(CC1CCCCCN1C(=O)OC(C)(C)C)NC1CCN(Cc2ccccc2)CC1. The van der Waals surface area contributed by atoms with Crippen molar-refractivity contribution in [1.29, 1.82) is 0 Å². The lowest BCUT2D eigenvalue weighted by Crippen LogP contribution is -2.49. The molecule has 2 unspecified atom stereocenters. The molecule has 2 saturated heterocycles. The van der Waals surface area contributed by atoms with Crippen LogP contribution < -0.4 is 5.32 Å². The second kappa shape index (κ2) is 11.3. The second-order valence-electron chi connectivity index (χ2n) is 10.5. The molecule has 2 heterocycles. The molecule has 0 aliphatic carbocycles. The van der Waals surface area contributed by atoms with Gasteiger partial charge in [-0.05, 0) is 78.5 Å². The Morgan fingerprint density at radius 2 is 1.77 bits per heavy atom. The highest BCUT2D eigenvalue weighted by molar-refractivity contribution is 5.68. The smallest absolute Gasteiger partial charge is 0.410 e. The summed E-state index contributed by atoms with van der Waals surface area (Å²) in [7, 11) is 0. The van der Waals surface area contributed by atoms with E-state index in [2.05, 4.69) is 47.5 Å². The highest BCUT2D eigenvalue weighted by Gasteiger charge is 2.31. The summed E-state index contributed by atoms with van der Waals surface area (Å²) in [6.45, 7) is 12.3. The number of amides is 1. The monoisotopic (exact) mass is 429 g/mol. The minimum atomic E-state index is -0.439. The lowest BCUT2D eigenvalue weighted by atomic mass is 9.99. The summed E-state index contributed by atoms with van der Waals surface area (Å²) in [5.74, 6) is 0. The summed E-state index contributed by atoms with van der Waals surface area (Å²) < 4.78 is 5.72. The van der Waals surface area contributed by atoms with Crippen molar-refractivity contribution in [1.82, 2.24) is 15.1 Å². The predicted octanol–water partition coefficient (Wildman–Crippen LogP) is 5.20. The molecule has 5 nitrogen and oxygen atoms in total. The number of carbonyl (C=O) groups excluding carboxylic acids is 1. The van der Waals surface area contributed by atoms with E-state index in [1.54, 1.807) is 0 Å². The Balaban J connectivity index is 1.46. The third-order valence-electron chi connectivity index (χ3n) is 6.49. The standard InChI is InChI=1S/C26H43N3O2/c1-21(19-24-13-9-6-10-16-29(24)25(30)31-26(2,3)4)27-23-14-17-28(18-15-23)20-22-11-7-5-8-12-22/h5,7-8,11-12,21,23-24,27H,6,9-10,13-20H2,1-4H3. The van der Waals surface area contributed by atoms with E-state index in [0.717, 1.165) is 45.4 Å². The van der Waals surface area contributed by atoms with Gasteiger partial charge in [0, 0.05) is 31.2 Å². The first kappa shape index (κ1) is 24.1. The molecular weight excluding hydrogens is 386 g/mol. The highest BCUT2D eigenvalue weighted by atomic mass is 16.6. The Hall–Kier alpha value is -1.59. The maximum atomic E-state index is 12.8. The largest absolute Gasteiger partial charge is 0.444 e. The Labute approximate surface area is 189 Å². The van der Waals surface area contributed by atoms with Crippen molar-refractivity contribution in [3.8, 4) is 0 Å². The Morgan fingerprint density at radius 3 is 2.45 bits per heavy atom. The van der Waals surface area contributed by atoms with E-state index in [1.165, 1.54) is 31.2 Å². The molecule has 2 atom stereocenters. The van der Waals surface area contributed by atoms with Crippen LogP contribution in [-0.2, 0) is 11.3 Å². The molecule has 3 rings (SSSR count). The average molecular weight is 430 g/mol. The number of rotatable bonds is 6. The first-order chi connectivity index (χ1) is 14.8. The van der Waals surface area contributed by atoms with Crippen LogP contribution in [0.3, 0.4) is 0 Å². The molecule has 1 N–H and O–H groups in total. The van der Waals surface area contributed by atoms with Gasteiger partial charge in [-0.15, -0.1) is 0 Å². The molecule has 0 spiro atoms. The van der Waals surface area contributed by atoms with Crippen molar-refractivity contribution in [3.63, 3.8) is 0 Å². The molecule has 31 heavy (non-hydrogen) atoms. The maximum absolute atomic E-state index is 12.8.